The van der Waals surface area contributed by atoms with Gasteiger partial charge in [0.2, 0.25) is 0 Å². The average Bonchev–Trinajstić information content (AvgIpc) is 2.49. The number of rotatable bonds is 5. The van der Waals surface area contributed by atoms with E-state index in [0.29, 0.717) is 5.75 Å². The van der Waals surface area contributed by atoms with Crippen LogP contribution in [0.4, 0.5) is 0 Å². The molecule has 3 N–H and O–H groups in total. The highest BCUT2D eigenvalue weighted by Crippen LogP contribution is 2.28. The Morgan fingerprint density at radius 1 is 1.16 bits per heavy atom. The molecule has 5 nitrogen and oxygen atoms in total. The van der Waals surface area contributed by atoms with Crippen molar-refractivity contribution in [3.63, 3.8) is 0 Å². The van der Waals surface area contributed by atoms with Crippen LogP contribution in [0.2, 0.25) is 0 Å². The van der Waals surface area contributed by atoms with Gasteiger partial charge in [-0.2, -0.15) is 0 Å². The van der Waals surface area contributed by atoms with Crippen molar-refractivity contribution in [1.82, 2.24) is 10.4 Å². The SMILES string of the molecule is COc1cccc(C(NN)c2ncccc2OC)c1. The van der Waals surface area contributed by atoms with Gasteiger partial charge >= 0.3 is 0 Å². The Kier molecular flexibility index (Phi) is 4.33. The Labute approximate surface area is 112 Å². The first kappa shape index (κ1) is 13.3. The second-order valence-corrected chi connectivity index (χ2v) is 3.97. The third kappa shape index (κ3) is 2.83. The molecular weight excluding hydrogens is 242 g/mol. The van der Waals surface area contributed by atoms with Gasteiger partial charge in [-0.3, -0.25) is 10.8 Å². The van der Waals surface area contributed by atoms with Crippen LogP contribution in [0, 0.1) is 0 Å². The lowest BCUT2D eigenvalue weighted by atomic mass is 10.0. The lowest BCUT2D eigenvalue weighted by Gasteiger charge is -2.18. The highest BCUT2D eigenvalue weighted by Gasteiger charge is 2.18. The molecule has 1 unspecified atom stereocenters. The van der Waals surface area contributed by atoms with Crippen molar-refractivity contribution < 1.29 is 9.47 Å². The summed E-state index contributed by atoms with van der Waals surface area (Å²) in [5.74, 6) is 7.12. The highest BCUT2D eigenvalue weighted by atomic mass is 16.5. The van der Waals surface area contributed by atoms with Gasteiger partial charge in [-0.05, 0) is 29.8 Å². The molecule has 2 rings (SSSR count). The highest BCUT2D eigenvalue weighted by molar-refractivity contribution is 5.39. The average molecular weight is 259 g/mol. The number of hydrogen-bond acceptors (Lipinski definition) is 5. The normalized spacial score (nSPS) is 11.9. The first-order chi connectivity index (χ1) is 9.30. The van der Waals surface area contributed by atoms with Gasteiger partial charge < -0.3 is 9.47 Å². The summed E-state index contributed by atoms with van der Waals surface area (Å²) in [7, 11) is 3.24. The van der Waals surface area contributed by atoms with Crippen LogP contribution in [0.5, 0.6) is 11.5 Å². The molecule has 0 saturated carbocycles. The van der Waals surface area contributed by atoms with Crippen molar-refractivity contribution in [1.29, 1.82) is 0 Å². The molecule has 0 spiro atoms. The van der Waals surface area contributed by atoms with Gasteiger partial charge in [0, 0.05) is 6.20 Å². The Balaban J connectivity index is 2.43. The van der Waals surface area contributed by atoms with Gasteiger partial charge in [-0.1, -0.05) is 12.1 Å². The van der Waals surface area contributed by atoms with Crippen LogP contribution in [-0.4, -0.2) is 19.2 Å². The molecule has 0 amide bonds. The predicted octanol–water partition coefficient (Wildman–Crippen LogP) is 1.65. The molecule has 19 heavy (non-hydrogen) atoms. The van der Waals surface area contributed by atoms with Crippen LogP contribution in [0.25, 0.3) is 0 Å². The lowest BCUT2D eigenvalue weighted by molar-refractivity contribution is 0.399. The third-order valence-electron chi connectivity index (χ3n) is 2.89. The molecule has 1 aromatic carbocycles. The fraction of sp³-hybridized carbons (Fsp3) is 0.214. The summed E-state index contributed by atoms with van der Waals surface area (Å²) < 4.78 is 10.5. The third-order valence-corrected chi connectivity index (χ3v) is 2.89. The number of hydrazine groups is 1. The number of ether oxygens (including phenoxy) is 2. The van der Waals surface area contributed by atoms with E-state index in [4.69, 9.17) is 15.3 Å². The molecular formula is C14H17N3O2. The Morgan fingerprint density at radius 3 is 2.68 bits per heavy atom. The predicted molar refractivity (Wildman–Crippen MR) is 72.9 cm³/mol. The van der Waals surface area contributed by atoms with Gasteiger partial charge in [0.05, 0.1) is 20.3 Å². The number of nitrogens with zero attached hydrogens (tertiary/aromatic N) is 1. The molecule has 0 bridgehead atoms. The Morgan fingerprint density at radius 2 is 2.00 bits per heavy atom. The van der Waals surface area contributed by atoms with Gasteiger partial charge in [0.15, 0.2) is 0 Å². The molecule has 0 fully saturated rings. The minimum atomic E-state index is -0.258. The van der Waals surface area contributed by atoms with E-state index in [9.17, 15) is 0 Å². The molecule has 100 valence electrons. The van der Waals surface area contributed by atoms with Crippen LogP contribution < -0.4 is 20.7 Å². The number of pyridine rings is 1. The van der Waals surface area contributed by atoms with E-state index >= 15 is 0 Å². The van der Waals surface area contributed by atoms with Crippen molar-refractivity contribution in [3.8, 4) is 11.5 Å². The topological polar surface area (TPSA) is 69.4 Å². The van der Waals surface area contributed by atoms with E-state index < -0.39 is 0 Å². The molecule has 0 saturated heterocycles. The summed E-state index contributed by atoms with van der Waals surface area (Å²) in [6.45, 7) is 0. The van der Waals surface area contributed by atoms with Crippen molar-refractivity contribution >= 4 is 0 Å². The molecule has 1 atom stereocenters. The molecule has 0 aliphatic rings. The summed E-state index contributed by atoms with van der Waals surface area (Å²) in [4.78, 5) is 4.34. The molecule has 5 heteroatoms. The number of nitrogens with one attached hydrogen (secondary N) is 1. The van der Waals surface area contributed by atoms with Crippen molar-refractivity contribution in [2.75, 3.05) is 14.2 Å². The van der Waals surface area contributed by atoms with Gasteiger partial charge in [0.25, 0.3) is 0 Å². The van der Waals surface area contributed by atoms with Crippen LogP contribution in [-0.2, 0) is 0 Å². The fourth-order valence-electron chi connectivity index (χ4n) is 1.95. The summed E-state index contributed by atoms with van der Waals surface area (Å²) in [5.41, 5.74) is 4.46. The number of methoxy groups -OCH3 is 2. The second-order valence-electron chi connectivity index (χ2n) is 3.97. The monoisotopic (exact) mass is 259 g/mol. The summed E-state index contributed by atoms with van der Waals surface area (Å²) in [6.07, 6.45) is 1.71. The summed E-state index contributed by atoms with van der Waals surface area (Å²) in [6, 6.07) is 11.1. The molecule has 0 aliphatic carbocycles. The molecule has 1 heterocycles. The first-order valence-electron chi connectivity index (χ1n) is 5.89. The van der Waals surface area contributed by atoms with E-state index in [1.54, 1.807) is 20.4 Å². The van der Waals surface area contributed by atoms with E-state index in [0.717, 1.165) is 17.0 Å². The zero-order chi connectivity index (χ0) is 13.7. The van der Waals surface area contributed by atoms with Crippen molar-refractivity contribution in [2.45, 2.75) is 6.04 Å². The van der Waals surface area contributed by atoms with Crippen molar-refractivity contribution in [2.24, 2.45) is 5.84 Å². The van der Waals surface area contributed by atoms with E-state index in [1.807, 2.05) is 36.4 Å². The van der Waals surface area contributed by atoms with E-state index in [-0.39, 0.29) is 6.04 Å². The van der Waals surface area contributed by atoms with E-state index in [2.05, 4.69) is 10.4 Å². The van der Waals surface area contributed by atoms with Gasteiger partial charge in [-0.15, -0.1) is 0 Å². The number of aromatic nitrogens is 1. The standard InChI is InChI=1S/C14H17N3O2/c1-18-11-6-3-5-10(9-11)13(17-15)14-12(19-2)7-4-8-16-14/h3-9,13,17H,15H2,1-2H3. The molecule has 2 aromatic rings. The molecule has 0 aliphatic heterocycles. The number of nitrogens with two attached hydrogens (primary N) is 1. The van der Waals surface area contributed by atoms with Crippen LogP contribution >= 0.6 is 0 Å². The van der Waals surface area contributed by atoms with Crippen LogP contribution in [0.3, 0.4) is 0 Å². The lowest BCUT2D eigenvalue weighted by Crippen LogP contribution is -2.29. The summed E-state index contributed by atoms with van der Waals surface area (Å²) in [5, 5.41) is 0. The Bertz CT molecular complexity index is 546. The number of benzene rings is 1. The van der Waals surface area contributed by atoms with E-state index in [1.165, 1.54) is 0 Å². The van der Waals surface area contributed by atoms with Crippen molar-refractivity contribution in [3.05, 3.63) is 53.9 Å². The maximum Gasteiger partial charge on any atom is 0.142 e. The molecule has 1 aromatic heterocycles. The minimum Gasteiger partial charge on any atom is -0.497 e. The molecule has 0 radical (unpaired) electrons. The Hall–Kier alpha value is -2.11. The smallest absolute Gasteiger partial charge is 0.142 e. The second kappa shape index (κ2) is 6.17. The number of hydrogen-bond donors (Lipinski definition) is 2. The first-order valence-corrected chi connectivity index (χ1v) is 5.89. The van der Waals surface area contributed by atoms with Gasteiger partial charge in [-0.25, -0.2) is 5.43 Å². The largest absolute Gasteiger partial charge is 0.497 e. The van der Waals surface area contributed by atoms with Crippen LogP contribution in [0.15, 0.2) is 42.6 Å². The maximum atomic E-state index is 5.67. The minimum absolute atomic E-state index is 0.258. The zero-order valence-electron chi connectivity index (χ0n) is 11.0. The fourth-order valence-corrected chi connectivity index (χ4v) is 1.95. The van der Waals surface area contributed by atoms with Crippen LogP contribution in [0.1, 0.15) is 17.3 Å². The quantitative estimate of drug-likeness (QED) is 0.631. The summed E-state index contributed by atoms with van der Waals surface area (Å²) >= 11 is 0. The zero-order valence-corrected chi connectivity index (χ0v) is 11.0. The maximum absolute atomic E-state index is 5.67. The van der Waals surface area contributed by atoms with Gasteiger partial charge in [0.1, 0.15) is 17.2 Å².